The smallest absolute Gasteiger partial charge is 0.417 e. The zero-order chi connectivity index (χ0) is 19.0. The Morgan fingerprint density at radius 3 is 2.74 bits per heavy atom. The average Bonchev–Trinajstić information content (AvgIpc) is 3.07. The molecule has 1 aromatic carbocycles. The molecule has 0 aliphatic carbocycles. The minimum absolute atomic E-state index is 0.0294. The van der Waals surface area contributed by atoms with E-state index in [1.807, 2.05) is 0 Å². The highest BCUT2D eigenvalue weighted by atomic mass is 19.4. The van der Waals surface area contributed by atoms with Crippen LogP contribution in [0.4, 0.5) is 13.2 Å². The van der Waals surface area contributed by atoms with Gasteiger partial charge in [-0.3, -0.25) is 9.20 Å². The lowest BCUT2D eigenvalue weighted by atomic mass is 10.2. The summed E-state index contributed by atoms with van der Waals surface area (Å²) in [5.41, 5.74) is -0.582. The molecule has 0 fully saturated rings. The number of hydrogen-bond donors (Lipinski definition) is 1. The van der Waals surface area contributed by atoms with E-state index in [0.29, 0.717) is 11.5 Å². The molecule has 7 nitrogen and oxygen atoms in total. The lowest BCUT2D eigenvalue weighted by Crippen LogP contribution is -2.43. The van der Waals surface area contributed by atoms with Gasteiger partial charge in [0.15, 0.2) is 23.0 Å². The van der Waals surface area contributed by atoms with E-state index in [0.717, 1.165) is 12.3 Å². The molecule has 27 heavy (non-hydrogen) atoms. The lowest BCUT2D eigenvalue weighted by Gasteiger charge is -2.25. The molecule has 2 aromatic heterocycles. The van der Waals surface area contributed by atoms with E-state index in [2.05, 4.69) is 15.5 Å². The summed E-state index contributed by atoms with van der Waals surface area (Å²) in [6.07, 6.45) is -4.46. The molecule has 0 saturated heterocycles. The monoisotopic (exact) mass is 378 g/mol. The predicted molar refractivity (Wildman–Crippen MR) is 86.2 cm³/mol. The number of benzene rings is 1. The first kappa shape index (κ1) is 17.1. The minimum atomic E-state index is -4.49. The molecule has 1 amide bonds. The van der Waals surface area contributed by atoms with Crippen LogP contribution in [0.3, 0.4) is 0 Å². The molecule has 1 aliphatic heterocycles. The number of alkyl halides is 3. The molecule has 140 valence electrons. The number of pyridine rings is 1. The van der Waals surface area contributed by atoms with Gasteiger partial charge >= 0.3 is 6.18 Å². The third-order valence-corrected chi connectivity index (χ3v) is 4.02. The molecule has 3 aromatic rings. The van der Waals surface area contributed by atoms with Crippen LogP contribution in [0, 0.1) is 0 Å². The summed E-state index contributed by atoms with van der Waals surface area (Å²) < 4.78 is 50.9. The van der Waals surface area contributed by atoms with E-state index in [1.165, 1.54) is 10.5 Å². The number of rotatable bonds is 3. The Labute approximate surface area is 150 Å². The summed E-state index contributed by atoms with van der Waals surface area (Å²) in [5, 5.41) is 10.2. The van der Waals surface area contributed by atoms with Crippen LogP contribution in [0.15, 0.2) is 42.6 Å². The van der Waals surface area contributed by atoms with Crippen LogP contribution < -0.4 is 14.8 Å². The molecule has 0 unspecified atom stereocenters. The van der Waals surface area contributed by atoms with Crippen LogP contribution in [-0.4, -0.2) is 33.2 Å². The number of ether oxygens (including phenoxy) is 2. The number of aromatic nitrogens is 3. The topological polar surface area (TPSA) is 77.8 Å². The SMILES string of the molecule is O=C(NCc1nnc2ccc(C(F)(F)F)cn12)[C@H]1COc2ccccc2O1. The van der Waals surface area contributed by atoms with Crippen molar-refractivity contribution in [2.24, 2.45) is 0 Å². The maximum atomic E-state index is 12.9. The number of hydrogen-bond acceptors (Lipinski definition) is 5. The van der Waals surface area contributed by atoms with Crippen molar-refractivity contribution in [2.45, 2.75) is 18.8 Å². The average molecular weight is 378 g/mol. The number of para-hydroxylation sites is 2. The van der Waals surface area contributed by atoms with Crippen molar-refractivity contribution in [3.8, 4) is 11.5 Å². The van der Waals surface area contributed by atoms with Crippen molar-refractivity contribution in [1.29, 1.82) is 0 Å². The Kier molecular flexibility index (Phi) is 4.09. The number of nitrogens with zero attached hydrogens (tertiary/aromatic N) is 3. The number of amides is 1. The summed E-state index contributed by atoms with van der Waals surface area (Å²) >= 11 is 0. The predicted octanol–water partition coefficient (Wildman–Crippen LogP) is 2.20. The van der Waals surface area contributed by atoms with Gasteiger partial charge in [0.2, 0.25) is 6.10 Å². The Bertz CT molecular complexity index is 1000. The summed E-state index contributed by atoms with van der Waals surface area (Å²) in [5.74, 6) is 0.700. The Hall–Kier alpha value is -3.30. The quantitative estimate of drug-likeness (QED) is 0.756. The third kappa shape index (κ3) is 3.37. The van der Waals surface area contributed by atoms with E-state index in [4.69, 9.17) is 9.47 Å². The van der Waals surface area contributed by atoms with Crippen LogP contribution in [0.25, 0.3) is 5.65 Å². The molecular weight excluding hydrogens is 365 g/mol. The normalized spacial score (nSPS) is 16.3. The highest BCUT2D eigenvalue weighted by Gasteiger charge is 2.31. The molecule has 0 bridgehead atoms. The Morgan fingerprint density at radius 1 is 1.19 bits per heavy atom. The van der Waals surface area contributed by atoms with Gasteiger partial charge in [0.25, 0.3) is 5.91 Å². The second-order valence-electron chi connectivity index (χ2n) is 5.84. The molecule has 0 spiro atoms. The number of carbonyl (C=O) groups is 1. The summed E-state index contributed by atoms with van der Waals surface area (Å²) in [4.78, 5) is 12.3. The highest BCUT2D eigenvalue weighted by molar-refractivity contribution is 5.81. The van der Waals surface area contributed by atoms with Crippen molar-refractivity contribution < 1.29 is 27.4 Å². The van der Waals surface area contributed by atoms with Crippen molar-refractivity contribution >= 4 is 11.6 Å². The van der Waals surface area contributed by atoms with E-state index in [-0.39, 0.29) is 24.6 Å². The van der Waals surface area contributed by atoms with Crippen LogP contribution in [0.5, 0.6) is 11.5 Å². The van der Waals surface area contributed by atoms with Gasteiger partial charge in [-0.1, -0.05) is 12.1 Å². The summed E-state index contributed by atoms with van der Waals surface area (Å²) in [6.45, 7) is -0.0789. The van der Waals surface area contributed by atoms with E-state index in [9.17, 15) is 18.0 Å². The molecule has 3 heterocycles. The fourth-order valence-corrected chi connectivity index (χ4v) is 2.66. The van der Waals surface area contributed by atoms with Gasteiger partial charge in [0.05, 0.1) is 12.1 Å². The fraction of sp³-hybridized carbons (Fsp3) is 0.235. The van der Waals surface area contributed by atoms with E-state index < -0.39 is 23.8 Å². The van der Waals surface area contributed by atoms with Crippen LogP contribution in [0.1, 0.15) is 11.4 Å². The first-order valence-electron chi connectivity index (χ1n) is 7.99. The van der Waals surface area contributed by atoms with Gasteiger partial charge in [-0.25, -0.2) is 0 Å². The number of fused-ring (bicyclic) bond motifs is 2. The number of nitrogens with one attached hydrogen (secondary N) is 1. The van der Waals surface area contributed by atoms with Crippen molar-refractivity contribution in [2.75, 3.05) is 6.61 Å². The van der Waals surface area contributed by atoms with E-state index in [1.54, 1.807) is 24.3 Å². The molecule has 0 radical (unpaired) electrons. The van der Waals surface area contributed by atoms with Crippen LogP contribution in [0.2, 0.25) is 0 Å². The zero-order valence-corrected chi connectivity index (χ0v) is 13.7. The Morgan fingerprint density at radius 2 is 1.96 bits per heavy atom. The molecule has 10 heteroatoms. The fourth-order valence-electron chi connectivity index (χ4n) is 2.66. The van der Waals surface area contributed by atoms with Gasteiger partial charge in [-0.05, 0) is 24.3 Å². The van der Waals surface area contributed by atoms with E-state index >= 15 is 0 Å². The number of halogens is 3. The van der Waals surface area contributed by atoms with Crippen molar-refractivity contribution in [3.63, 3.8) is 0 Å². The largest absolute Gasteiger partial charge is 0.485 e. The number of carbonyl (C=O) groups excluding carboxylic acids is 1. The first-order valence-corrected chi connectivity index (χ1v) is 7.99. The summed E-state index contributed by atoms with van der Waals surface area (Å²) in [6, 6.07) is 9.09. The third-order valence-electron chi connectivity index (χ3n) is 4.02. The minimum Gasteiger partial charge on any atom is -0.485 e. The summed E-state index contributed by atoms with van der Waals surface area (Å²) in [7, 11) is 0. The lowest BCUT2D eigenvalue weighted by molar-refractivity contribution is -0.138. The molecular formula is C17H13F3N4O3. The molecule has 0 saturated carbocycles. The van der Waals surface area contributed by atoms with Gasteiger partial charge in [0.1, 0.15) is 6.61 Å². The molecule has 1 atom stereocenters. The van der Waals surface area contributed by atoms with Crippen molar-refractivity contribution in [1.82, 2.24) is 19.9 Å². The maximum Gasteiger partial charge on any atom is 0.417 e. The van der Waals surface area contributed by atoms with Crippen molar-refractivity contribution in [3.05, 3.63) is 54.0 Å². The molecule has 4 rings (SSSR count). The molecule has 1 aliphatic rings. The van der Waals surface area contributed by atoms with Gasteiger partial charge in [-0.15, -0.1) is 10.2 Å². The second-order valence-corrected chi connectivity index (χ2v) is 5.84. The highest BCUT2D eigenvalue weighted by Crippen LogP contribution is 2.31. The maximum absolute atomic E-state index is 12.9. The van der Waals surface area contributed by atoms with Crippen LogP contribution >= 0.6 is 0 Å². The first-order chi connectivity index (χ1) is 12.9. The molecule has 1 N–H and O–H groups in total. The van der Waals surface area contributed by atoms with Gasteiger partial charge in [0, 0.05) is 6.20 Å². The zero-order valence-electron chi connectivity index (χ0n) is 13.7. The standard InChI is InChI=1S/C17H13F3N4O3/c18-17(19,20)10-5-6-14-22-23-15(24(14)8-10)7-21-16(25)13-9-26-11-3-1-2-4-12(11)27-13/h1-6,8,13H,7,9H2,(H,21,25)/t13-/m1/s1. The van der Waals surface area contributed by atoms with Crippen LogP contribution in [-0.2, 0) is 17.5 Å². The van der Waals surface area contributed by atoms with Gasteiger partial charge < -0.3 is 14.8 Å². The van der Waals surface area contributed by atoms with Gasteiger partial charge in [-0.2, -0.15) is 13.2 Å². The Balaban J connectivity index is 1.46. The second kappa shape index (κ2) is 6.45.